The van der Waals surface area contributed by atoms with Crippen molar-refractivity contribution in [3.63, 3.8) is 0 Å². The molecule has 2 aliphatic carbocycles. The van der Waals surface area contributed by atoms with Crippen molar-refractivity contribution < 1.29 is 10.2 Å². The molecule has 3 heteroatoms. The summed E-state index contributed by atoms with van der Waals surface area (Å²) in [5, 5.41) is 22.8. The minimum atomic E-state index is -0.483. The van der Waals surface area contributed by atoms with Gasteiger partial charge in [-0.2, -0.15) is 0 Å². The Balaban J connectivity index is 1.61. The Morgan fingerprint density at radius 1 is 1.29 bits per heavy atom. The van der Waals surface area contributed by atoms with Crippen molar-refractivity contribution >= 4 is 0 Å². The lowest BCUT2D eigenvalue weighted by molar-refractivity contribution is 0.0428. The summed E-state index contributed by atoms with van der Waals surface area (Å²) >= 11 is 0. The molecule has 0 aliphatic heterocycles. The second kappa shape index (κ2) is 4.17. The molecule has 3 N–H and O–H groups in total. The lowest BCUT2D eigenvalue weighted by Gasteiger charge is -2.23. The van der Waals surface area contributed by atoms with Gasteiger partial charge in [-0.15, -0.1) is 0 Å². The summed E-state index contributed by atoms with van der Waals surface area (Å²) in [4.78, 5) is 0. The molecule has 0 saturated heterocycles. The summed E-state index contributed by atoms with van der Waals surface area (Å²) in [6.45, 7) is 1.30. The van der Waals surface area contributed by atoms with Gasteiger partial charge in [0.05, 0.1) is 11.7 Å². The number of hydrogen-bond donors (Lipinski definition) is 3. The van der Waals surface area contributed by atoms with Crippen LogP contribution in [0.3, 0.4) is 0 Å². The molecule has 0 aromatic heterocycles. The van der Waals surface area contributed by atoms with Crippen molar-refractivity contribution in [3.8, 4) is 0 Å². The van der Waals surface area contributed by atoms with E-state index in [-0.39, 0.29) is 6.10 Å². The monoisotopic (exact) mass is 199 g/mol. The minimum Gasteiger partial charge on any atom is -0.392 e. The Hall–Kier alpha value is -0.120. The van der Waals surface area contributed by atoms with Crippen molar-refractivity contribution in [2.45, 2.75) is 50.2 Å². The predicted molar refractivity (Wildman–Crippen MR) is 55.0 cm³/mol. The third-order valence-electron chi connectivity index (χ3n) is 3.51. The molecule has 2 fully saturated rings. The minimum absolute atomic E-state index is 0.194. The first-order valence-electron chi connectivity index (χ1n) is 5.81. The van der Waals surface area contributed by atoms with Crippen LogP contribution in [0.4, 0.5) is 0 Å². The lowest BCUT2D eigenvalue weighted by Crippen LogP contribution is -2.41. The highest BCUT2D eigenvalue weighted by Gasteiger charge is 2.32. The van der Waals surface area contributed by atoms with Gasteiger partial charge in [-0.05, 0) is 31.6 Å². The summed E-state index contributed by atoms with van der Waals surface area (Å²) in [5.41, 5.74) is -0.483. The molecule has 2 aliphatic rings. The molecule has 0 aromatic carbocycles. The van der Waals surface area contributed by atoms with Gasteiger partial charge in [-0.25, -0.2) is 0 Å². The van der Waals surface area contributed by atoms with Gasteiger partial charge in [0.15, 0.2) is 0 Å². The van der Waals surface area contributed by atoms with Crippen LogP contribution in [0.15, 0.2) is 0 Å². The number of rotatable bonds is 5. The Morgan fingerprint density at radius 2 is 1.93 bits per heavy atom. The first kappa shape index (κ1) is 10.4. The molecule has 3 nitrogen and oxygen atoms in total. The van der Waals surface area contributed by atoms with Crippen molar-refractivity contribution in [3.05, 3.63) is 0 Å². The maximum Gasteiger partial charge on any atom is 0.0771 e. The van der Waals surface area contributed by atoms with Gasteiger partial charge in [0, 0.05) is 13.1 Å². The van der Waals surface area contributed by atoms with E-state index in [1.54, 1.807) is 0 Å². The van der Waals surface area contributed by atoms with Crippen molar-refractivity contribution in [1.82, 2.24) is 5.32 Å². The fourth-order valence-corrected chi connectivity index (χ4v) is 2.31. The third-order valence-corrected chi connectivity index (χ3v) is 3.51. The van der Waals surface area contributed by atoms with Gasteiger partial charge in [-0.1, -0.05) is 12.8 Å². The van der Waals surface area contributed by atoms with Gasteiger partial charge >= 0.3 is 0 Å². The van der Waals surface area contributed by atoms with E-state index < -0.39 is 5.60 Å². The van der Waals surface area contributed by atoms with Gasteiger partial charge < -0.3 is 15.5 Å². The van der Waals surface area contributed by atoms with E-state index in [2.05, 4.69) is 5.32 Å². The quantitative estimate of drug-likeness (QED) is 0.609. The van der Waals surface area contributed by atoms with Crippen LogP contribution in [0.1, 0.15) is 38.5 Å². The summed E-state index contributed by atoms with van der Waals surface area (Å²) in [5.74, 6) is 0.528. The maximum atomic E-state index is 10.0. The molecule has 0 amide bonds. The Morgan fingerprint density at radius 3 is 2.50 bits per heavy atom. The average molecular weight is 199 g/mol. The van der Waals surface area contributed by atoms with Crippen LogP contribution in [-0.4, -0.2) is 35.0 Å². The molecule has 0 radical (unpaired) electrons. The number of aliphatic hydroxyl groups excluding tert-OH is 1. The van der Waals surface area contributed by atoms with Crippen LogP contribution in [0, 0.1) is 5.92 Å². The van der Waals surface area contributed by atoms with Crippen molar-refractivity contribution in [1.29, 1.82) is 0 Å². The molecular formula is C11H21NO2. The Bertz CT molecular complexity index is 186. The van der Waals surface area contributed by atoms with Gasteiger partial charge in [0.1, 0.15) is 0 Å². The first-order valence-corrected chi connectivity index (χ1v) is 5.81. The summed E-state index contributed by atoms with van der Waals surface area (Å²) in [6.07, 6.45) is 6.27. The first-order chi connectivity index (χ1) is 6.70. The standard InChI is InChI=1S/C11H21NO2/c13-10(9-3-4-9)7-12-8-11(14)5-1-2-6-11/h9-10,12-14H,1-8H2. The Labute approximate surface area is 85.5 Å². The molecule has 0 spiro atoms. The van der Waals surface area contributed by atoms with Crippen LogP contribution < -0.4 is 5.32 Å². The fraction of sp³-hybridized carbons (Fsp3) is 1.00. The predicted octanol–water partition coefficient (Wildman–Crippen LogP) is 0.652. The topological polar surface area (TPSA) is 52.5 Å². The van der Waals surface area contributed by atoms with E-state index in [9.17, 15) is 10.2 Å². The van der Waals surface area contributed by atoms with E-state index in [0.717, 1.165) is 25.7 Å². The zero-order chi connectivity index (χ0) is 10.0. The van der Waals surface area contributed by atoms with Gasteiger partial charge in [0.25, 0.3) is 0 Å². The summed E-state index contributed by atoms with van der Waals surface area (Å²) in [6, 6.07) is 0. The zero-order valence-electron chi connectivity index (χ0n) is 8.71. The Kier molecular flexibility index (Phi) is 3.10. The van der Waals surface area contributed by atoms with Crippen LogP contribution >= 0.6 is 0 Å². The highest BCUT2D eigenvalue weighted by molar-refractivity contribution is 4.88. The summed E-state index contributed by atoms with van der Waals surface area (Å²) < 4.78 is 0. The fourth-order valence-electron chi connectivity index (χ4n) is 2.31. The second-order valence-corrected chi connectivity index (χ2v) is 4.97. The molecule has 1 unspecified atom stereocenters. The van der Waals surface area contributed by atoms with E-state index in [1.807, 2.05) is 0 Å². The molecule has 82 valence electrons. The van der Waals surface area contributed by atoms with E-state index in [1.165, 1.54) is 12.8 Å². The molecule has 0 heterocycles. The highest BCUT2D eigenvalue weighted by atomic mass is 16.3. The van der Waals surface area contributed by atoms with E-state index in [4.69, 9.17) is 0 Å². The van der Waals surface area contributed by atoms with Gasteiger partial charge in [-0.3, -0.25) is 0 Å². The molecule has 1 atom stereocenters. The normalized spacial score (nSPS) is 27.9. The SMILES string of the molecule is OC(CNCC1(O)CCCC1)C1CC1. The average Bonchev–Trinajstić information content (AvgIpc) is 2.91. The van der Waals surface area contributed by atoms with Crippen molar-refractivity contribution in [2.24, 2.45) is 5.92 Å². The molecule has 2 saturated carbocycles. The maximum absolute atomic E-state index is 10.0. The number of hydrogen-bond acceptors (Lipinski definition) is 3. The number of nitrogens with one attached hydrogen (secondary N) is 1. The van der Waals surface area contributed by atoms with E-state index >= 15 is 0 Å². The zero-order valence-corrected chi connectivity index (χ0v) is 8.71. The van der Waals surface area contributed by atoms with Crippen LogP contribution in [-0.2, 0) is 0 Å². The molecule has 0 bridgehead atoms. The van der Waals surface area contributed by atoms with Crippen LogP contribution in [0.2, 0.25) is 0 Å². The van der Waals surface area contributed by atoms with Crippen molar-refractivity contribution in [2.75, 3.05) is 13.1 Å². The molecule has 0 aromatic rings. The van der Waals surface area contributed by atoms with Crippen LogP contribution in [0.5, 0.6) is 0 Å². The van der Waals surface area contributed by atoms with Crippen LogP contribution in [0.25, 0.3) is 0 Å². The molecular weight excluding hydrogens is 178 g/mol. The smallest absolute Gasteiger partial charge is 0.0771 e. The molecule has 14 heavy (non-hydrogen) atoms. The lowest BCUT2D eigenvalue weighted by atomic mass is 10.0. The second-order valence-electron chi connectivity index (χ2n) is 4.97. The third kappa shape index (κ3) is 2.69. The molecule has 2 rings (SSSR count). The highest BCUT2D eigenvalue weighted by Crippen LogP contribution is 2.32. The number of aliphatic hydroxyl groups is 2. The van der Waals surface area contributed by atoms with E-state index in [0.29, 0.717) is 19.0 Å². The summed E-state index contributed by atoms with van der Waals surface area (Å²) in [7, 11) is 0. The largest absolute Gasteiger partial charge is 0.392 e. The van der Waals surface area contributed by atoms with Gasteiger partial charge in [0.2, 0.25) is 0 Å².